The molecule has 0 aromatic heterocycles. The molecule has 2 N–H and O–H groups in total. The van der Waals surface area contributed by atoms with Crippen molar-refractivity contribution < 1.29 is 26.4 Å². The number of amides is 1. The maximum atomic E-state index is 12.4. The van der Waals surface area contributed by atoms with Crippen molar-refractivity contribution in [3.05, 3.63) is 29.8 Å². The minimum Gasteiger partial charge on any atom is -0.355 e. The first-order chi connectivity index (χ1) is 9.58. The quantitative estimate of drug-likeness (QED) is 0.862. The van der Waals surface area contributed by atoms with E-state index in [0.29, 0.717) is 18.7 Å². The summed E-state index contributed by atoms with van der Waals surface area (Å²) < 4.78 is 63.2. The number of alkyl halides is 3. The minimum atomic E-state index is -4.54. The Bertz CT molecular complexity index is 597. The van der Waals surface area contributed by atoms with Crippen molar-refractivity contribution in [3.63, 3.8) is 0 Å². The molecule has 0 saturated carbocycles. The number of nitrogens with one attached hydrogen (secondary N) is 2. The van der Waals surface area contributed by atoms with Gasteiger partial charge < -0.3 is 5.32 Å². The van der Waals surface area contributed by atoms with Crippen LogP contribution in [-0.2, 0) is 21.0 Å². The van der Waals surface area contributed by atoms with Crippen molar-refractivity contribution in [2.75, 3.05) is 6.54 Å². The summed E-state index contributed by atoms with van der Waals surface area (Å²) in [5, 5.41) is 2.43. The zero-order valence-electron chi connectivity index (χ0n) is 11.4. The van der Waals surface area contributed by atoms with Gasteiger partial charge >= 0.3 is 6.18 Å². The molecule has 0 heterocycles. The van der Waals surface area contributed by atoms with Crippen LogP contribution in [0.5, 0.6) is 0 Å². The fourth-order valence-electron chi connectivity index (χ4n) is 1.50. The fourth-order valence-corrected chi connectivity index (χ4v) is 2.71. The summed E-state index contributed by atoms with van der Waals surface area (Å²) in [6, 6.07) is 2.00. The van der Waals surface area contributed by atoms with Crippen molar-refractivity contribution in [3.8, 4) is 0 Å². The molecular formula is C12H15F3N2O3S. The smallest absolute Gasteiger partial charge is 0.355 e. The van der Waals surface area contributed by atoms with Crippen LogP contribution in [0.2, 0.25) is 0 Å². The van der Waals surface area contributed by atoms with E-state index in [4.69, 9.17) is 0 Å². The number of halogens is 3. The molecular weight excluding hydrogens is 309 g/mol. The summed E-state index contributed by atoms with van der Waals surface area (Å²) in [6.45, 7) is 3.35. The van der Waals surface area contributed by atoms with Crippen LogP contribution in [0.4, 0.5) is 13.2 Å². The topological polar surface area (TPSA) is 75.3 Å². The average Bonchev–Trinajstić information content (AvgIpc) is 2.37. The molecule has 1 amide bonds. The van der Waals surface area contributed by atoms with Crippen LogP contribution in [0.3, 0.4) is 0 Å². The van der Waals surface area contributed by atoms with Crippen LogP contribution in [0.25, 0.3) is 0 Å². The van der Waals surface area contributed by atoms with Crippen molar-refractivity contribution >= 4 is 15.9 Å². The Morgan fingerprint density at radius 3 is 2.19 bits per heavy atom. The van der Waals surface area contributed by atoms with Gasteiger partial charge in [-0.25, -0.2) is 8.42 Å². The Morgan fingerprint density at radius 1 is 1.24 bits per heavy atom. The number of hydrogen-bond acceptors (Lipinski definition) is 3. The minimum absolute atomic E-state index is 0.338. The zero-order valence-corrected chi connectivity index (χ0v) is 12.2. The van der Waals surface area contributed by atoms with E-state index in [2.05, 4.69) is 10.0 Å². The summed E-state index contributed by atoms with van der Waals surface area (Å²) in [5.74, 6) is -0.520. The summed E-state index contributed by atoms with van der Waals surface area (Å²) in [4.78, 5) is 11.1. The lowest BCUT2D eigenvalue weighted by atomic mass is 10.2. The molecule has 1 aromatic carbocycles. The highest BCUT2D eigenvalue weighted by atomic mass is 32.2. The van der Waals surface area contributed by atoms with Crippen LogP contribution in [0, 0.1) is 0 Å². The van der Waals surface area contributed by atoms with Gasteiger partial charge in [0.2, 0.25) is 15.9 Å². The first kappa shape index (κ1) is 17.4. The molecule has 0 unspecified atom stereocenters. The van der Waals surface area contributed by atoms with E-state index >= 15 is 0 Å². The van der Waals surface area contributed by atoms with Gasteiger partial charge in [0, 0.05) is 6.54 Å². The van der Waals surface area contributed by atoms with Crippen molar-refractivity contribution in [2.45, 2.75) is 31.0 Å². The summed E-state index contributed by atoms with van der Waals surface area (Å²) in [5.41, 5.74) is -0.946. The van der Waals surface area contributed by atoms with Crippen LogP contribution in [0.1, 0.15) is 19.4 Å². The second-order valence-corrected chi connectivity index (χ2v) is 5.97. The van der Waals surface area contributed by atoms with Crippen LogP contribution in [0.15, 0.2) is 29.2 Å². The largest absolute Gasteiger partial charge is 0.416 e. The molecule has 9 heteroatoms. The SMILES string of the molecule is CCNC(=O)[C@H](C)NS(=O)(=O)c1ccc(C(F)(F)F)cc1. The van der Waals surface area contributed by atoms with Gasteiger partial charge in [-0.15, -0.1) is 0 Å². The summed E-state index contributed by atoms with van der Waals surface area (Å²) in [6.07, 6.45) is -4.54. The molecule has 118 valence electrons. The molecule has 0 aliphatic carbocycles. The molecule has 0 fully saturated rings. The summed E-state index contributed by atoms with van der Waals surface area (Å²) >= 11 is 0. The zero-order chi connectivity index (χ0) is 16.3. The predicted octanol–water partition coefficient (Wildman–Crippen LogP) is 1.51. The van der Waals surface area contributed by atoms with Crippen molar-refractivity contribution in [1.82, 2.24) is 10.0 Å². The van der Waals surface area contributed by atoms with Crippen LogP contribution >= 0.6 is 0 Å². The van der Waals surface area contributed by atoms with Gasteiger partial charge in [-0.2, -0.15) is 17.9 Å². The second-order valence-electron chi connectivity index (χ2n) is 4.26. The highest BCUT2D eigenvalue weighted by molar-refractivity contribution is 7.89. The highest BCUT2D eigenvalue weighted by Crippen LogP contribution is 2.29. The fraction of sp³-hybridized carbons (Fsp3) is 0.417. The third-order valence-electron chi connectivity index (χ3n) is 2.57. The second kappa shape index (κ2) is 6.44. The molecule has 1 atom stereocenters. The molecule has 1 rings (SSSR count). The molecule has 0 radical (unpaired) electrons. The number of carbonyl (C=O) groups excluding carboxylic acids is 1. The maximum Gasteiger partial charge on any atom is 0.416 e. The van der Waals surface area contributed by atoms with Gasteiger partial charge in [0.1, 0.15) is 0 Å². The molecule has 1 aromatic rings. The molecule has 0 saturated heterocycles. The standard InChI is InChI=1S/C12H15F3N2O3S/c1-3-16-11(18)8(2)17-21(19,20)10-6-4-9(5-7-10)12(13,14)15/h4-8,17H,3H2,1-2H3,(H,16,18)/t8-/m0/s1. The molecule has 21 heavy (non-hydrogen) atoms. The molecule has 0 aliphatic rings. The Labute approximate surface area is 120 Å². The molecule has 0 spiro atoms. The van der Waals surface area contributed by atoms with Crippen LogP contribution < -0.4 is 10.0 Å². The lowest BCUT2D eigenvalue weighted by Crippen LogP contribution is -2.44. The van der Waals surface area contributed by atoms with E-state index in [1.165, 1.54) is 6.92 Å². The van der Waals surface area contributed by atoms with Gasteiger partial charge in [-0.1, -0.05) is 0 Å². The Kier molecular flexibility index (Phi) is 5.35. The van der Waals surface area contributed by atoms with Gasteiger partial charge in [-0.3, -0.25) is 4.79 Å². The predicted molar refractivity (Wildman–Crippen MR) is 69.9 cm³/mol. The number of rotatable bonds is 5. The van der Waals surface area contributed by atoms with Gasteiger partial charge in [0.15, 0.2) is 0 Å². The summed E-state index contributed by atoms with van der Waals surface area (Å²) in [7, 11) is -4.06. The van der Waals surface area contributed by atoms with Crippen LogP contribution in [-0.4, -0.2) is 26.9 Å². The normalized spacial score (nSPS) is 13.8. The first-order valence-electron chi connectivity index (χ1n) is 6.05. The first-order valence-corrected chi connectivity index (χ1v) is 7.53. The lowest BCUT2D eigenvalue weighted by molar-refractivity contribution is -0.137. The number of benzene rings is 1. The van der Waals surface area contributed by atoms with Gasteiger partial charge in [0.05, 0.1) is 16.5 Å². The average molecular weight is 324 g/mol. The Morgan fingerprint density at radius 2 is 1.76 bits per heavy atom. The Hall–Kier alpha value is -1.61. The number of sulfonamides is 1. The van der Waals surface area contributed by atoms with E-state index in [9.17, 15) is 26.4 Å². The van der Waals surface area contributed by atoms with Crippen molar-refractivity contribution in [1.29, 1.82) is 0 Å². The van der Waals surface area contributed by atoms with E-state index in [1.54, 1.807) is 6.92 Å². The monoisotopic (exact) mass is 324 g/mol. The Balaban J connectivity index is 2.91. The number of likely N-dealkylation sites (N-methyl/N-ethyl adjacent to an activating group) is 1. The van der Waals surface area contributed by atoms with E-state index in [0.717, 1.165) is 12.1 Å². The van der Waals surface area contributed by atoms with E-state index in [1.807, 2.05) is 0 Å². The number of hydrogen-bond donors (Lipinski definition) is 2. The van der Waals surface area contributed by atoms with E-state index < -0.39 is 33.7 Å². The molecule has 0 aliphatic heterocycles. The maximum absolute atomic E-state index is 12.4. The van der Waals surface area contributed by atoms with Crippen molar-refractivity contribution in [2.24, 2.45) is 0 Å². The lowest BCUT2D eigenvalue weighted by Gasteiger charge is -2.14. The van der Waals surface area contributed by atoms with Gasteiger partial charge in [-0.05, 0) is 38.1 Å². The van der Waals surface area contributed by atoms with Gasteiger partial charge in [0.25, 0.3) is 0 Å². The number of carbonyl (C=O) groups is 1. The molecule has 5 nitrogen and oxygen atoms in total. The third-order valence-corrected chi connectivity index (χ3v) is 4.12. The third kappa shape index (κ3) is 4.71. The van der Waals surface area contributed by atoms with E-state index in [-0.39, 0.29) is 4.90 Å². The molecule has 0 bridgehead atoms. The highest BCUT2D eigenvalue weighted by Gasteiger charge is 2.31.